The molecule has 1 aliphatic heterocycles. The maximum atomic E-state index is 10.4. The number of hydrogen-bond donors (Lipinski definition) is 1. The molecule has 4 nitrogen and oxygen atoms in total. The first-order valence-electron chi connectivity index (χ1n) is 4.39. The van der Waals surface area contributed by atoms with Gasteiger partial charge in [0.2, 0.25) is 0 Å². The fourth-order valence-corrected chi connectivity index (χ4v) is 1.39. The predicted molar refractivity (Wildman–Crippen MR) is 47.8 cm³/mol. The van der Waals surface area contributed by atoms with Crippen LogP contribution in [0.2, 0.25) is 0 Å². The van der Waals surface area contributed by atoms with Gasteiger partial charge in [-0.15, -0.1) is 0 Å². The molecule has 14 heavy (non-hydrogen) atoms. The van der Waals surface area contributed by atoms with Gasteiger partial charge in [0.25, 0.3) is 0 Å². The summed E-state index contributed by atoms with van der Waals surface area (Å²) in [6, 6.07) is 5.58. The zero-order valence-corrected chi connectivity index (χ0v) is 7.53. The lowest BCUT2D eigenvalue weighted by molar-refractivity contribution is -0.194. The molecule has 2 rings (SSSR count). The van der Waals surface area contributed by atoms with E-state index in [1.54, 1.807) is 6.07 Å². The Bertz CT molecular complexity index is 359. The Kier molecular flexibility index (Phi) is 2.37. The van der Waals surface area contributed by atoms with E-state index in [0.29, 0.717) is 13.0 Å². The minimum absolute atomic E-state index is 0.153. The number of carboxylic acid groups (broad SMARTS) is 1. The van der Waals surface area contributed by atoms with E-state index in [4.69, 9.17) is 14.9 Å². The zero-order valence-electron chi connectivity index (χ0n) is 7.53. The first kappa shape index (κ1) is 9.02. The molecule has 1 aliphatic rings. The van der Waals surface area contributed by atoms with Gasteiger partial charge in [-0.3, -0.25) is 4.79 Å². The fourth-order valence-electron chi connectivity index (χ4n) is 1.39. The maximum Gasteiger partial charge on any atom is 0.303 e. The highest BCUT2D eigenvalue weighted by Crippen LogP contribution is 2.26. The van der Waals surface area contributed by atoms with Crippen molar-refractivity contribution in [2.75, 3.05) is 0 Å². The number of hydrogen-bond acceptors (Lipinski definition) is 3. The molecule has 0 saturated carbocycles. The van der Waals surface area contributed by atoms with E-state index in [1.807, 2.05) is 12.1 Å². The molecule has 1 aromatic rings. The molecular weight excluding hydrogens is 184 g/mol. The Hall–Kier alpha value is -1.55. The number of aryl methyl sites for hydroxylation is 1. The number of carboxylic acids is 1. The van der Waals surface area contributed by atoms with Crippen molar-refractivity contribution in [1.29, 1.82) is 0 Å². The summed E-state index contributed by atoms with van der Waals surface area (Å²) in [7, 11) is 0. The standard InChI is InChI=1S/C10H10O4/c11-10(12)4-2-7-1-3-9-8(5-7)6-13-14-9/h1,3,5H,2,4,6H2,(H,11,12). The summed E-state index contributed by atoms with van der Waals surface area (Å²) in [5, 5.41) is 8.52. The summed E-state index contributed by atoms with van der Waals surface area (Å²) >= 11 is 0. The number of benzene rings is 1. The highest BCUT2D eigenvalue weighted by atomic mass is 17.2. The van der Waals surface area contributed by atoms with Crippen LogP contribution in [0.3, 0.4) is 0 Å². The Balaban J connectivity index is 2.09. The molecule has 0 unspecified atom stereocenters. The van der Waals surface area contributed by atoms with Gasteiger partial charge in [0.15, 0.2) is 5.75 Å². The van der Waals surface area contributed by atoms with Gasteiger partial charge in [0.05, 0.1) is 0 Å². The molecule has 1 heterocycles. The molecule has 1 N–H and O–H groups in total. The van der Waals surface area contributed by atoms with Crippen LogP contribution in [0.5, 0.6) is 5.75 Å². The van der Waals surface area contributed by atoms with E-state index in [-0.39, 0.29) is 6.42 Å². The third kappa shape index (κ3) is 1.85. The Morgan fingerprint density at radius 2 is 2.36 bits per heavy atom. The molecule has 0 aromatic heterocycles. The Morgan fingerprint density at radius 3 is 3.14 bits per heavy atom. The molecule has 0 atom stereocenters. The zero-order chi connectivity index (χ0) is 9.97. The average molecular weight is 194 g/mol. The third-order valence-electron chi connectivity index (χ3n) is 2.12. The van der Waals surface area contributed by atoms with Crippen LogP contribution < -0.4 is 4.89 Å². The largest absolute Gasteiger partial charge is 0.481 e. The van der Waals surface area contributed by atoms with Crippen LogP contribution in [0.1, 0.15) is 17.5 Å². The van der Waals surface area contributed by atoms with E-state index in [1.165, 1.54) is 0 Å². The maximum absolute atomic E-state index is 10.4. The summed E-state index contributed by atoms with van der Waals surface area (Å²) in [6.07, 6.45) is 0.698. The lowest BCUT2D eigenvalue weighted by Gasteiger charge is -2.00. The van der Waals surface area contributed by atoms with Crippen molar-refractivity contribution in [1.82, 2.24) is 0 Å². The molecule has 0 fully saturated rings. The molecule has 1 aromatic carbocycles. The van der Waals surface area contributed by atoms with Crippen molar-refractivity contribution in [3.8, 4) is 5.75 Å². The van der Waals surface area contributed by atoms with E-state index in [9.17, 15) is 4.79 Å². The molecule has 74 valence electrons. The molecule has 0 spiro atoms. The quantitative estimate of drug-likeness (QED) is 0.741. The first-order chi connectivity index (χ1) is 6.75. The van der Waals surface area contributed by atoms with Crippen LogP contribution in [0.4, 0.5) is 0 Å². The molecule has 0 saturated heterocycles. The van der Waals surface area contributed by atoms with E-state index in [0.717, 1.165) is 16.9 Å². The average Bonchev–Trinajstić information content (AvgIpc) is 2.61. The lowest BCUT2D eigenvalue weighted by atomic mass is 10.1. The first-order valence-corrected chi connectivity index (χ1v) is 4.39. The van der Waals surface area contributed by atoms with Crippen molar-refractivity contribution < 1.29 is 19.7 Å². The molecule has 4 heteroatoms. The van der Waals surface area contributed by atoms with E-state index < -0.39 is 5.97 Å². The highest BCUT2D eigenvalue weighted by molar-refractivity contribution is 5.67. The normalized spacial score (nSPS) is 13.4. The molecule has 0 radical (unpaired) electrons. The van der Waals surface area contributed by atoms with Gasteiger partial charge in [0, 0.05) is 12.0 Å². The predicted octanol–water partition coefficient (Wildman–Crippen LogP) is 1.53. The molecular formula is C10H10O4. The van der Waals surface area contributed by atoms with Crippen LogP contribution in [-0.4, -0.2) is 11.1 Å². The van der Waals surface area contributed by atoms with E-state index in [2.05, 4.69) is 0 Å². The molecule has 0 amide bonds. The molecule has 0 aliphatic carbocycles. The topological polar surface area (TPSA) is 55.8 Å². The molecule has 0 bridgehead atoms. The summed E-state index contributed by atoms with van der Waals surface area (Å²) in [5.41, 5.74) is 1.98. The number of aliphatic carboxylic acids is 1. The van der Waals surface area contributed by atoms with Crippen LogP contribution in [0.15, 0.2) is 18.2 Å². The van der Waals surface area contributed by atoms with Gasteiger partial charge in [0.1, 0.15) is 6.61 Å². The number of carbonyl (C=O) groups is 1. The summed E-state index contributed by atoms with van der Waals surface area (Å²) in [6.45, 7) is 0.441. The second-order valence-electron chi connectivity index (χ2n) is 3.18. The van der Waals surface area contributed by atoms with Gasteiger partial charge in [-0.1, -0.05) is 6.07 Å². The minimum atomic E-state index is -0.780. The second kappa shape index (κ2) is 3.67. The van der Waals surface area contributed by atoms with E-state index >= 15 is 0 Å². The van der Waals surface area contributed by atoms with Crippen LogP contribution >= 0.6 is 0 Å². The minimum Gasteiger partial charge on any atom is -0.481 e. The highest BCUT2D eigenvalue weighted by Gasteiger charge is 2.13. The van der Waals surface area contributed by atoms with Gasteiger partial charge >= 0.3 is 5.97 Å². The monoisotopic (exact) mass is 194 g/mol. The van der Waals surface area contributed by atoms with Gasteiger partial charge in [-0.2, -0.15) is 4.89 Å². The Labute approximate surface area is 81.0 Å². The van der Waals surface area contributed by atoms with Crippen molar-refractivity contribution in [3.63, 3.8) is 0 Å². The van der Waals surface area contributed by atoms with Crippen molar-refractivity contribution in [2.24, 2.45) is 0 Å². The van der Waals surface area contributed by atoms with Crippen molar-refractivity contribution in [3.05, 3.63) is 29.3 Å². The van der Waals surface area contributed by atoms with Gasteiger partial charge < -0.3 is 9.99 Å². The van der Waals surface area contributed by atoms with Gasteiger partial charge in [-0.25, -0.2) is 0 Å². The summed E-state index contributed by atoms with van der Waals surface area (Å²) in [4.78, 5) is 20.0. The number of rotatable bonds is 3. The Morgan fingerprint density at radius 1 is 1.50 bits per heavy atom. The van der Waals surface area contributed by atoms with Gasteiger partial charge in [-0.05, 0) is 24.1 Å². The van der Waals surface area contributed by atoms with Crippen LogP contribution in [0, 0.1) is 0 Å². The van der Waals surface area contributed by atoms with Crippen LogP contribution in [-0.2, 0) is 22.7 Å². The SMILES string of the molecule is O=C(O)CCc1ccc2c(c1)COO2. The lowest BCUT2D eigenvalue weighted by Crippen LogP contribution is -1.97. The second-order valence-corrected chi connectivity index (χ2v) is 3.18. The summed E-state index contributed by atoms with van der Waals surface area (Å²) in [5.74, 6) is -0.0536. The summed E-state index contributed by atoms with van der Waals surface area (Å²) < 4.78 is 0. The smallest absolute Gasteiger partial charge is 0.303 e. The van der Waals surface area contributed by atoms with Crippen molar-refractivity contribution >= 4 is 5.97 Å². The van der Waals surface area contributed by atoms with Crippen molar-refractivity contribution in [2.45, 2.75) is 19.4 Å². The van der Waals surface area contributed by atoms with Crippen LogP contribution in [0.25, 0.3) is 0 Å². The number of fused-ring (bicyclic) bond motifs is 1. The third-order valence-corrected chi connectivity index (χ3v) is 2.12. The fraction of sp³-hybridized carbons (Fsp3) is 0.300.